The van der Waals surface area contributed by atoms with Crippen LogP contribution in [0.5, 0.6) is 0 Å². The van der Waals surface area contributed by atoms with E-state index in [1.807, 2.05) is 30.5 Å². The van der Waals surface area contributed by atoms with Crippen LogP contribution in [0.4, 0.5) is 5.69 Å². The van der Waals surface area contributed by atoms with Gasteiger partial charge in [0.25, 0.3) is 0 Å². The molecule has 130 valence electrons. The van der Waals surface area contributed by atoms with E-state index in [1.54, 1.807) is 0 Å². The van der Waals surface area contributed by atoms with Crippen molar-refractivity contribution in [2.24, 2.45) is 5.92 Å². The van der Waals surface area contributed by atoms with Gasteiger partial charge in [0.2, 0.25) is 0 Å². The molecule has 1 aliphatic rings. The highest BCUT2D eigenvalue weighted by Gasteiger charge is 2.33. The standard InChI is InChI=1S/C19H25ClN2OS/c1-3-15-18(20)16(9-11-21-15)22-19(13-5-6-13)17-8-7-14(24-17)10-12-23-4-2/h7-9,11,13,19H,3-6,10,12H2,1-2H3,(H,21,22). The van der Waals surface area contributed by atoms with Crippen molar-refractivity contribution < 1.29 is 4.74 Å². The van der Waals surface area contributed by atoms with Gasteiger partial charge in [0.05, 0.1) is 29.1 Å². The van der Waals surface area contributed by atoms with Crippen LogP contribution in [0.25, 0.3) is 0 Å². The molecule has 1 N–H and O–H groups in total. The summed E-state index contributed by atoms with van der Waals surface area (Å²) in [5.41, 5.74) is 1.96. The summed E-state index contributed by atoms with van der Waals surface area (Å²) in [4.78, 5) is 7.15. The molecule has 2 aromatic rings. The Balaban J connectivity index is 1.74. The number of pyridine rings is 1. The maximum Gasteiger partial charge on any atom is 0.0852 e. The van der Waals surface area contributed by atoms with Crippen molar-refractivity contribution in [3.63, 3.8) is 0 Å². The first kappa shape index (κ1) is 17.7. The number of ether oxygens (including phenoxy) is 1. The van der Waals surface area contributed by atoms with Crippen molar-refractivity contribution >= 4 is 28.6 Å². The summed E-state index contributed by atoms with van der Waals surface area (Å²) in [5.74, 6) is 0.706. The number of aryl methyl sites for hydroxylation is 1. The molecule has 1 fully saturated rings. The van der Waals surface area contributed by atoms with Crippen LogP contribution < -0.4 is 5.32 Å². The van der Waals surface area contributed by atoms with Gasteiger partial charge in [-0.25, -0.2) is 0 Å². The van der Waals surface area contributed by atoms with Gasteiger partial charge in [0.1, 0.15) is 0 Å². The summed E-state index contributed by atoms with van der Waals surface area (Å²) in [6, 6.07) is 6.83. The minimum atomic E-state index is 0.348. The molecule has 3 rings (SSSR count). The summed E-state index contributed by atoms with van der Waals surface area (Å²) >= 11 is 8.41. The molecule has 24 heavy (non-hydrogen) atoms. The molecule has 1 unspecified atom stereocenters. The van der Waals surface area contributed by atoms with Gasteiger partial charge in [-0.15, -0.1) is 11.3 Å². The smallest absolute Gasteiger partial charge is 0.0852 e. The van der Waals surface area contributed by atoms with Crippen molar-refractivity contribution in [2.75, 3.05) is 18.5 Å². The monoisotopic (exact) mass is 364 g/mol. The largest absolute Gasteiger partial charge is 0.381 e. The Labute approximate surface area is 153 Å². The van der Waals surface area contributed by atoms with Crippen LogP contribution in [0.3, 0.4) is 0 Å². The fourth-order valence-electron chi connectivity index (χ4n) is 2.88. The Bertz CT molecular complexity index is 669. The van der Waals surface area contributed by atoms with Crippen molar-refractivity contribution in [1.82, 2.24) is 4.98 Å². The Hall–Kier alpha value is -1.10. The number of thiophene rings is 1. The molecule has 0 saturated heterocycles. The van der Waals surface area contributed by atoms with Gasteiger partial charge in [-0.05, 0) is 50.3 Å². The van der Waals surface area contributed by atoms with E-state index in [2.05, 4.69) is 29.4 Å². The van der Waals surface area contributed by atoms with E-state index >= 15 is 0 Å². The molecule has 0 radical (unpaired) electrons. The van der Waals surface area contributed by atoms with E-state index in [4.69, 9.17) is 16.3 Å². The third-order valence-electron chi connectivity index (χ3n) is 4.39. The molecule has 3 nitrogen and oxygen atoms in total. The van der Waals surface area contributed by atoms with Crippen LogP contribution in [-0.4, -0.2) is 18.2 Å². The van der Waals surface area contributed by atoms with Gasteiger partial charge in [-0.3, -0.25) is 4.98 Å². The summed E-state index contributed by atoms with van der Waals surface area (Å²) in [7, 11) is 0. The van der Waals surface area contributed by atoms with Crippen LogP contribution in [0.2, 0.25) is 5.02 Å². The lowest BCUT2D eigenvalue weighted by atomic mass is 10.1. The molecule has 5 heteroatoms. The maximum absolute atomic E-state index is 6.52. The first-order chi connectivity index (χ1) is 11.7. The second kappa shape index (κ2) is 8.32. The number of anilines is 1. The lowest BCUT2D eigenvalue weighted by molar-refractivity contribution is 0.151. The normalized spacial score (nSPS) is 15.5. The highest BCUT2D eigenvalue weighted by molar-refractivity contribution is 7.12. The van der Waals surface area contributed by atoms with E-state index in [9.17, 15) is 0 Å². The van der Waals surface area contributed by atoms with Crippen molar-refractivity contribution in [3.8, 4) is 0 Å². The van der Waals surface area contributed by atoms with Crippen LogP contribution in [0.1, 0.15) is 48.2 Å². The molecule has 2 aromatic heterocycles. The molecule has 0 aromatic carbocycles. The molecular formula is C19H25ClN2OS. The van der Waals surface area contributed by atoms with Crippen LogP contribution in [-0.2, 0) is 17.6 Å². The number of hydrogen-bond acceptors (Lipinski definition) is 4. The second-order valence-electron chi connectivity index (χ2n) is 6.18. The Morgan fingerprint density at radius 2 is 2.17 bits per heavy atom. The Morgan fingerprint density at radius 1 is 1.33 bits per heavy atom. The minimum absolute atomic E-state index is 0.348. The topological polar surface area (TPSA) is 34.1 Å². The quantitative estimate of drug-likeness (QED) is 0.596. The number of nitrogens with one attached hydrogen (secondary N) is 1. The third-order valence-corrected chi connectivity index (χ3v) is 6.04. The maximum atomic E-state index is 6.52. The lowest BCUT2D eigenvalue weighted by Gasteiger charge is -2.20. The van der Waals surface area contributed by atoms with Gasteiger partial charge >= 0.3 is 0 Å². The minimum Gasteiger partial charge on any atom is -0.381 e. The fourth-order valence-corrected chi connectivity index (χ4v) is 4.32. The summed E-state index contributed by atoms with van der Waals surface area (Å²) in [6.45, 7) is 5.70. The van der Waals surface area contributed by atoms with Gasteiger partial charge in [0, 0.05) is 29.0 Å². The summed E-state index contributed by atoms with van der Waals surface area (Å²) in [6.07, 6.45) is 6.26. The second-order valence-corrected chi connectivity index (χ2v) is 7.76. The first-order valence-corrected chi connectivity index (χ1v) is 9.98. The Morgan fingerprint density at radius 3 is 2.88 bits per heavy atom. The average Bonchev–Trinajstić information content (AvgIpc) is 3.33. The predicted molar refractivity (Wildman–Crippen MR) is 102 cm³/mol. The number of hydrogen-bond donors (Lipinski definition) is 1. The molecule has 0 bridgehead atoms. The highest BCUT2D eigenvalue weighted by atomic mass is 35.5. The van der Waals surface area contributed by atoms with E-state index in [0.29, 0.717) is 12.0 Å². The molecule has 1 saturated carbocycles. The molecule has 0 amide bonds. The highest BCUT2D eigenvalue weighted by Crippen LogP contribution is 2.45. The molecule has 1 atom stereocenters. The first-order valence-electron chi connectivity index (χ1n) is 8.79. The van der Waals surface area contributed by atoms with Gasteiger partial charge in [-0.1, -0.05) is 18.5 Å². The molecule has 1 aliphatic carbocycles. The fraction of sp³-hybridized carbons (Fsp3) is 0.526. The summed E-state index contributed by atoms with van der Waals surface area (Å²) in [5, 5.41) is 4.45. The van der Waals surface area contributed by atoms with E-state index in [1.165, 1.54) is 22.6 Å². The third kappa shape index (κ3) is 4.29. The van der Waals surface area contributed by atoms with Gasteiger partial charge in [-0.2, -0.15) is 0 Å². The van der Waals surface area contributed by atoms with Crippen LogP contribution in [0.15, 0.2) is 24.4 Å². The predicted octanol–water partition coefficient (Wildman–Crippen LogP) is 5.50. The zero-order valence-corrected chi connectivity index (χ0v) is 15.9. The molecule has 0 spiro atoms. The van der Waals surface area contributed by atoms with Crippen LogP contribution in [0, 0.1) is 5.92 Å². The zero-order valence-electron chi connectivity index (χ0n) is 14.3. The van der Waals surface area contributed by atoms with Crippen molar-refractivity contribution in [3.05, 3.63) is 44.9 Å². The number of aromatic nitrogens is 1. The Kier molecular flexibility index (Phi) is 6.14. The molecule has 0 aliphatic heterocycles. The van der Waals surface area contributed by atoms with E-state index in [0.717, 1.165) is 42.5 Å². The van der Waals surface area contributed by atoms with Gasteiger partial charge in [0.15, 0.2) is 0 Å². The SMILES string of the molecule is CCOCCc1ccc(C(Nc2ccnc(CC)c2Cl)C2CC2)s1. The van der Waals surface area contributed by atoms with Crippen LogP contribution >= 0.6 is 22.9 Å². The summed E-state index contributed by atoms with van der Waals surface area (Å²) < 4.78 is 5.47. The number of rotatable bonds is 9. The average molecular weight is 365 g/mol. The van der Waals surface area contributed by atoms with Crippen molar-refractivity contribution in [2.45, 2.75) is 45.6 Å². The number of halogens is 1. The van der Waals surface area contributed by atoms with E-state index in [-0.39, 0.29) is 0 Å². The molecular weight excluding hydrogens is 340 g/mol. The molecule has 2 heterocycles. The van der Waals surface area contributed by atoms with E-state index < -0.39 is 0 Å². The lowest BCUT2D eigenvalue weighted by Crippen LogP contribution is -2.12. The van der Waals surface area contributed by atoms with Gasteiger partial charge < -0.3 is 10.1 Å². The van der Waals surface area contributed by atoms with Crippen molar-refractivity contribution in [1.29, 1.82) is 0 Å². The number of nitrogens with zero attached hydrogens (tertiary/aromatic N) is 1. The zero-order chi connectivity index (χ0) is 16.9.